The molecule has 16 heavy (non-hydrogen) atoms. The van der Waals surface area contributed by atoms with Gasteiger partial charge in [0.05, 0.1) is 11.4 Å². The summed E-state index contributed by atoms with van der Waals surface area (Å²) in [7, 11) is 0. The molecule has 0 radical (unpaired) electrons. The van der Waals surface area contributed by atoms with Gasteiger partial charge in [0.1, 0.15) is 5.70 Å². The summed E-state index contributed by atoms with van der Waals surface area (Å²) in [6, 6.07) is 1.89. The van der Waals surface area contributed by atoms with Crippen LogP contribution in [-0.2, 0) is 0 Å². The fourth-order valence-corrected chi connectivity index (χ4v) is 1.94. The largest absolute Gasteiger partial charge is 0.260 e. The molecule has 2 rings (SSSR count). The van der Waals surface area contributed by atoms with Gasteiger partial charge < -0.3 is 0 Å². The summed E-state index contributed by atoms with van der Waals surface area (Å²) >= 11 is 0. The second-order valence-electron chi connectivity index (χ2n) is 3.56. The monoisotopic (exact) mass is 211 g/mol. The summed E-state index contributed by atoms with van der Waals surface area (Å²) in [5.41, 5.74) is 3.49. The molecule has 0 amide bonds. The summed E-state index contributed by atoms with van der Waals surface area (Å²) in [5, 5.41) is 1.98. The van der Waals surface area contributed by atoms with Gasteiger partial charge in [-0.15, -0.1) is 0 Å². The van der Waals surface area contributed by atoms with Crippen LogP contribution in [0.2, 0.25) is 0 Å². The highest BCUT2D eigenvalue weighted by atomic mass is 14.9. The first-order chi connectivity index (χ1) is 7.70. The van der Waals surface area contributed by atoms with Gasteiger partial charge in [-0.1, -0.05) is 6.58 Å². The Morgan fingerprint density at radius 2 is 2.12 bits per heavy atom. The Balaban J connectivity index is 2.89. The van der Waals surface area contributed by atoms with Crippen LogP contribution >= 0.6 is 0 Å². The van der Waals surface area contributed by atoms with Crippen LogP contribution in [0.15, 0.2) is 27.9 Å². The van der Waals surface area contributed by atoms with Gasteiger partial charge in [0.25, 0.3) is 0 Å². The zero-order valence-corrected chi connectivity index (χ0v) is 9.49. The molecule has 0 bridgehead atoms. The topological polar surface area (TPSA) is 37.6 Å². The van der Waals surface area contributed by atoms with E-state index in [1.165, 1.54) is 0 Å². The molecule has 1 aliphatic rings. The van der Waals surface area contributed by atoms with Gasteiger partial charge >= 0.3 is 0 Å². The standard InChI is InChI=1S/C13H13N3/c1-5-15-11-9(3)10-8(2)6-7-16-12(10)13(11)14-4/h5-7H,2,4H2,1,3H3/b15-5-. The molecule has 1 heterocycles. The third-order valence-electron chi connectivity index (χ3n) is 2.63. The van der Waals surface area contributed by atoms with Crippen LogP contribution in [0.1, 0.15) is 19.5 Å². The number of hydrogen-bond acceptors (Lipinski definition) is 3. The molecule has 1 aromatic heterocycles. The highest BCUT2D eigenvalue weighted by molar-refractivity contribution is 5.88. The van der Waals surface area contributed by atoms with E-state index in [0.29, 0.717) is 0 Å². The summed E-state index contributed by atoms with van der Waals surface area (Å²) in [4.78, 5) is 12.7. The number of fused-ring (bicyclic) bond motifs is 1. The average Bonchev–Trinajstić information content (AvgIpc) is 2.54. The van der Waals surface area contributed by atoms with Crippen molar-refractivity contribution in [3.8, 4) is 0 Å². The van der Waals surface area contributed by atoms with Crippen molar-refractivity contribution in [1.82, 2.24) is 4.98 Å². The fraction of sp³-hybridized carbons (Fsp3) is 0.154. The van der Waals surface area contributed by atoms with E-state index in [9.17, 15) is 0 Å². The zero-order chi connectivity index (χ0) is 11.7. The molecule has 0 unspecified atom stereocenters. The first-order valence-corrected chi connectivity index (χ1v) is 5.06. The maximum Gasteiger partial charge on any atom is 0.114 e. The van der Waals surface area contributed by atoms with Gasteiger partial charge in [0.15, 0.2) is 0 Å². The lowest BCUT2D eigenvalue weighted by Crippen LogP contribution is -2.27. The van der Waals surface area contributed by atoms with Gasteiger partial charge in [-0.3, -0.25) is 15.0 Å². The van der Waals surface area contributed by atoms with E-state index in [1.54, 1.807) is 12.4 Å². The molecule has 0 fully saturated rings. The highest BCUT2D eigenvalue weighted by Gasteiger charge is 2.20. The van der Waals surface area contributed by atoms with Crippen LogP contribution in [-0.4, -0.2) is 17.9 Å². The van der Waals surface area contributed by atoms with Crippen LogP contribution in [0, 0.1) is 0 Å². The van der Waals surface area contributed by atoms with Crippen molar-refractivity contribution < 1.29 is 0 Å². The highest BCUT2D eigenvalue weighted by Crippen LogP contribution is 2.27. The minimum Gasteiger partial charge on any atom is -0.260 e. The number of aliphatic imine (C=N–C) groups is 2. The second kappa shape index (κ2) is 3.85. The van der Waals surface area contributed by atoms with Gasteiger partial charge in [-0.25, -0.2) is 0 Å². The summed E-state index contributed by atoms with van der Waals surface area (Å²) in [6.07, 6.45) is 3.48. The Kier molecular flexibility index (Phi) is 2.52. The van der Waals surface area contributed by atoms with Gasteiger partial charge in [-0.2, -0.15) is 0 Å². The summed E-state index contributed by atoms with van der Waals surface area (Å²) in [5.74, 6) is 0. The SMILES string of the molecule is C=NC1=C(/N=C\C)C(C)=c2c1nccc2=C. The molecule has 0 N–H and O–H groups in total. The minimum atomic E-state index is 0.746. The van der Waals surface area contributed by atoms with Crippen molar-refractivity contribution >= 4 is 30.8 Å². The minimum absolute atomic E-state index is 0.746. The molecule has 80 valence electrons. The molecule has 0 saturated heterocycles. The first-order valence-electron chi connectivity index (χ1n) is 5.06. The summed E-state index contributed by atoms with van der Waals surface area (Å²) in [6.45, 7) is 11.5. The van der Waals surface area contributed by atoms with E-state index in [1.807, 2.05) is 19.9 Å². The molecule has 3 nitrogen and oxygen atoms in total. The van der Waals surface area contributed by atoms with E-state index in [2.05, 4.69) is 28.3 Å². The van der Waals surface area contributed by atoms with Crippen molar-refractivity contribution in [2.24, 2.45) is 9.98 Å². The van der Waals surface area contributed by atoms with E-state index < -0.39 is 0 Å². The van der Waals surface area contributed by atoms with Gasteiger partial charge in [0, 0.05) is 17.6 Å². The van der Waals surface area contributed by atoms with Crippen molar-refractivity contribution in [2.75, 3.05) is 0 Å². The molecule has 0 atom stereocenters. The maximum absolute atomic E-state index is 4.33. The lowest BCUT2D eigenvalue weighted by atomic mass is 10.2. The third-order valence-corrected chi connectivity index (χ3v) is 2.63. The van der Waals surface area contributed by atoms with Crippen LogP contribution < -0.4 is 10.4 Å². The molecule has 0 spiro atoms. The van der Waals surface area contributed by atoms with E-state index >= 15 is 0 Å². The molecule has 0 aliphatic heterocycles. The first kappa shape index (κ1) is 10.5. The van der Waals surface area contributed by atoms with Crippen molar-refractivity contribution in [2.45, 2.75) is 13.8 Å². The van der Waals surface area contributed by atoms with Crippen LogP contribution in [0.5, 0.6) is 0 Å². The summed E-state index contributed by atoms with van der Waals surface area (Å²) < 4.78 is 0. The molecular weight excluding hydrogens is 198 g/mol. The Morgan fingerprint density at radius 3 is 2.75 bits per heavy atom. The Hall–Kier alpha value is -2.03. The molecular formula is C13H13N3. The molecule has 0 aromatic carbocycles. The van der Waals surface area contributed by atoms with Crippen LogP contribution in [0.25, 0.3) is 17.8 Å². The van der Waals surface area contributed by atoms with Gasteiger partial charge in [0.2, 0.25) is 0 Å². The van der Waals surface area contributed by atoms with Crippen LogP contribution in [0.4, 0.5) is 0 Å². The lowest BCUT2D eigenvalue weighted by Gasteiger charge is -1.98. The molecule has 1 aromatic rings. The van der Waals surface area contributed by atoms with Gasteiger partial charge in [-0.05, 0) is 37.4 Å². The smallest absolute Gasteiger partial charge is 0.114 e. The van der Waals surface area contributed by atoms with Crippen molar-refractivity contribution in [1.29, 1.82) is 0 Å². The number of pyridine rings is 1. The third kappa shape index (κ3) is 1.33. The Morgan fingerprint density at radius 1 is 1.38 bits per heavy atom. The predicted octanol–water partition coefficient (Wildman–Crippen LogP) is 1.14. The predicted molar refractivity (Wildman–Crippen MR) is 68.7 cm³/mol. The normalized spacial score (nSPS) is 14.8. The number of rotatable bonds is 2. The quantitative estimate of drug-likeness (QED) is 0.676. The maximum atomic E-state index is 4.33. The van der Waals surface area contributed by atoms with E-state index in [-0.39, 0.29) is 0 Å². The average molecular weight is 211 g/mol. The number of nitrogens with zero attached hydrogens (tertiary/aromatic N) is 3. The number of hydrogen-bond donors (Lipinski definition) is 0. The zero-order valence-electron chi connectivity index (χ0n) is 9.49. The number of allylic oxidation sites excluding steroid dienone is 1. The van der Waals surface area contributed by atoms with E-state index in [0.717, 1.165) is 33.1 Å². The number of aromatic nitrogens is 1. The Labute approximate surface area is 94.3 Å². The molecule has 0 saturated carbocycles. The van der Waals surface area contributed by atoms with Crippen molar-refractivity contribution in [3.63, 3.8) is 0 Å². The van der Waals surface area contributed by atoms with Crippen molar-refractivity contribution in [3.05, 3.63) is 34.1 Å². The molecule has 3 heteroatoms. The van der Waals surface area contributed by atoms with E-state index in [4.69, 9.17) is 0 Å². The Bertz CT molecular complexity index is 621. The lowest BCUT2D eigenvalue weighted by molar-refractivity contribution is 1.22. The fourth-order valence-electron chi connectivity index (χ4n) is 1.94. The second-order valence-corrected chi connectivity index (χ2v) is 3.56. The van der Waals surface area contributed by atoms with Crippen LogP contribution in [0.3, 0.4) is 0 Å². The molecule has 1 aliphatic carbocycles.